The summed E-state index contributed by atoms with van der Waals surface area (Å²) in [6.07, 6.45) is 10.1. The molecule has 0 atom stereocenters. The second-order valence-electron chi connectivity index (χ2n) is 10.7. The van der Waals surface area contributed by atoms with E-state index in [-0.39, 0.29) is 36.2 Å². The zero-order valence-corrected chi connectivity index (χ0v) is 29.2. The first-order valence-corrected chi connectivity index (χ1v) is 16.1. The zero-order chi connectivity index (χ0) is 40.9. The van der Waals surface area contributed by atoms with Crippen molar-refractivity contribution in [3.63, 3.8) is 0 Å². The van der Waals surface area contributed by atoms with Crippen LogP contribution in [0.5, 0.6) is 5.75 Å². The smallest absolute Gasteiger partial charge is 0.345 e. The number of hydrogen-bond donors (Lipinski definition) is 6. The van der Waals surface area contributed by atoms with Crippen molar-refractivity contribution in [2.45, 2.75) is 25.9 Å². The maximum absolute atomic E-state index is 14.5. The molecule has 1 aromatic heterocycles. The predicted octanol–water partition coefficient (Wildman–Crippen LogP) is 5.33. The number of amides is 1. The molecular weight excluding hydrogens is 766 g/mol. The lowest BCUT2D eigenvalue weighted by molar-refractivity contribution is -0.134. The van der Waals surface area contributed by atoms with Crippen molar-refractivity contribution in [3.8, 4) is 5.75 Å². The summed E-state index contributed by atoms with van der Waals surface area (Å²) in [5, 5.41) is 36.4. The topological polar surface area (TPSA) is 238 Å². The predicted molar refractivity (Wildman–Crippen MR) is 189 cm³/mol. The Morgan fingerprint density at radius 3 is 2.00 bits per heavy atom. The molecule has 0 spiro atoms. The average molecular weight is 800 g/mol. The minimum atomic E-state index is -2.95. The van der Waals surface area contributed by atoms with E-state index >= 15 is 0 Å². The van der Waals surface area contributed by atoms with E-state index in [1.807, 2.05) is 0 Å². The van der Waals surface area contributed by atoms with Gasteiger partial charge in [-0.3, -0.25) is 9.69 Å². The molecule has 6 N–H and O–H groups in total. The van der Waals surface area contributed by atoms with Crippen LogP contribution in [0.3, 0.4) is 0 Å². The highest BCUT2D eigenvalue weighted by Gasteiger charge is 2.17. The number of piperidine rings is 1. The number of carboxylic acids is 4. The summed E-state index contributed by atoms with van der Waals surface area (Å²) in [5.74, 6) is -7.09. The molecule has 0 saturated carbocycles. The summed E-state index contributed by atoms with van der Waals surface area (Å²) in [7, 11) is 0. The van der Waals surface area contributed by atoms with E-state index in [0.717, 1.165) is 32.0 Å². The molecule has 4 rings (SSSR count). The Balaban J connectivity index is 0.000000546. The van der Waals surface area contributed by atoms with Crippen LogP contribution in [0.4, 0.5) is 34.8 Å². The monoisotopic (exact) mass is 799 g/mol. The van der Waals surface area contributed by atoms with Gasteiger partial charge in [0.1, 0.15) is 35.3 Å². The van der Waals surface area contributed by atoms with E-state index in [9.17, 15) is 41.5 Å². The number of hydrogen-bond acceptors (Lipinski definition) is 11. The standard InChI is InChI=1S/C26H26ClF4N5O3.2C4H4O4/c27-23-17(28)6-7-18(24(23)29)35-25-16-13-20(34-22(37)5-4-10-36-8-2-1-3-9-36)21(14-19(16)32-15-33-25)38-11-12-39-26(30)31;2*5-3(6)1-2-4(7)8/h4-7,13-15,26H,1-3,8-12H2,(H,34,37)(H,32,33,35);2*1-2H,(H,5,6)(H,7,8)/b5-4+;2*2-1-. The van der Waals surface area contributed by atoms with Gasteiger partial charge in [-0.25, -0.2) is 37.9 Å². The number of aliphatic carboxylic acids is 4. The normalized spacial score (nSPS) is 12.9. The zero-order valence-electron chi connectivity index (χ0n) is 28.5. The number of halogens is 5. The number of nitrogens with zero attached hydrogens (tertiary/aromatic N) is 3. The highest BCUT2D eigenvalue weighted by molar-refractivity contribution is 6.31. The second-order valence-corrected chi connectivity index (χ2v) is 11.1. The molecule has 2 aromatic carbocycles. The molecule has 1 saturated heterocycles. The largest absolute Gasteiger partial charge is 0.489 e. The van der Waals surface area contributed by atoms with Gasteiger partial charge in [-0.05, 0) is 44.1 Å². The first kappa shape index (κ1) is 45.0. The van der Waals surface area contributed by atoms with E-state index in [0.29, 0.717) is 41.8 Å². The third-order valence-corrected chi connectivity index (χ3v) is 7.03. The Bertz CT molecular complexity index is 1840. The third-order valence-electron chi connectivity index (χ3n) is 6.69. The maximum Gasteiger partial charge on any atom is 0.345 e. The molecule has 0 unspecified atom stereocenters. The number of benzene rings is 2. The van der Waals surface area contributed by atoms with Gasteiger partial charge in [0.05, 0.1) is 23.5 Å². The SMILES string of the molecule is O=C(/C=C/CN1CCCCC1)Nc1cc2c(Nc3ccc(F)c(Cl)c3F)ncnc2cc1OCCOC(F)F.O=C(O)/C=C\C(=O)O.O=C(O)/C=C\C(=O)O. The number of likely N-dealkylation sites (tertiary alicyclic amines) is 1. The number of fused-ring (bicyclic) bond motifs is 1. The number of rotatable bonds is 15. The lowest BCUT2D eigenvalue weighted by atomic mass is 10.1. The molecule has 1 amide bonds. The van der Waals surface area contributed by atoms with Crippen molar-refractivity contribution in [1.82, 2.24) is 14.9 Å². The van der Waals surface area contributed by atoms with Crippen LogP contribution in [0, 0.1) is 11.6 Å². The quantitative estimate of drug-likeness (QED) is 0.0493. The van der Waals surface area contributed by atoms with Crippen LogP contribution in [0.1, 0.15) is 19.3 Å². The minimum absolute atomic E-state index is 0.128. The number of carboxylic acid groups (broad SMARTS) is 4. The molecule has 1 aliphatic rings. The van der Waals surface area contributed by atoms with Gasteiger partial charge in [0.15, 0.2) is 5.82 Å². The number of anilines is 3. The highest BCUT2D eigenvalue weighted by Crippen LogP contribution is 2.35. The van der Waals surface area contributed by atoms with Crippen molar-refractivity contribution < 1.29 is 71.4 Å². The van der Waals surface area contributed by atoms with Crippen molar-refractivity contribution in [2.24, 2.45) is 0 Å². The van der Waals surface area contributed by atoms with Gasteiger partial charge in [0.25, 0.3) is 0 Å². The molecule has 21 heteroatoms. The molecule has 0 aliphatic carbocycles. The van der Waals surface area contributed by atoms with Crippen molar-refractivity contribution in [2.75, 3.05) is 43.5 Å². The maximum atomic E-state index is 14.5. The Hall–Kier alpha value is -6.12. The molecule has 296 valence electrons. The van der Waals surface area contributed by atoms with E-state index in [1.54, 1.807) is 6.08 Å². The highest BCUT2D eigenvalue weighted by atomic mass is 35.5. The average Bonchev–Trinajstić information content (AvgIpc) is 3.13. The fourth-order valence-electron chi connectivity index (χ4n) is 4.35. The fourth-order valence-corrected chi connectivity index (χ4v) is 4.51. The van der Waals surface area contributed by atoms with Crippen LogP contribution in [0.2, 0.25) is 5.02 Å². The molecule has 1 aliphatic heterocycles. The van der Waals surface area contributed by atoms with Crippen LogP contribution >= 0.6 is 11.6 Å². The molecule has 55 heavy (non-hydrogen) atoms. The van der Waals surface area contributed by atoms with E-state index in [1.165, 1.54) is 37.0 Å². The molecule has 16 nitrogen and oxygen atoms in total. The molecular formula is C34H34ClF4N5O11. The van der Waals surface area contributed by atoms with Gasteiger partial charge >= 0.3 is 30.5 Å². The second kappa shape index (κ2) is 23.5. The number of carbonyl (C=O) groups is 5. The first-order valence-electron chi connectivity index (χ1n) is 15.8. The van der Waals surface area contributed by atoms with E-state index < -0.39 is 53.1 Å². The summed E-state index contributed by atoms with van der Waals surface area (Å²) in [6, 6.07) is 5.15. The number of ether oxygens (including phenoxy) is 2. The van der Waals surface area contributed by atoms with Gasteiger partial charge in [-0.1, -0.05) is 24.1 Å². The van der Waals surface area contributed by atoms with Gasteiger partial charge < -0.3 is 40.5 Å². The summed E-state index contributed by atoms with van der Waals surface area (Å²) >= 11 is 5.69. The third kappa shape index (κ3) is 17.5. The Morgan fingerprint density at radius 2 is 1.44 bits per heavy atom. The van der Waals surface area contributed by atoms with Crippen LogP contribution in [-0.4, -0.2) is 105 Å². The summed E-state index contributed by atoms with van der Waals surface area (Å²) in [4.78, 5) is 61.5. The summed E-state index contributed by atoms with van der Waals surface area (Å²) in [5.41, 5.74) is 0.407. The summed E-state index contributed by atoms with van der Waals surface area (Å²) < 4.78 is 62.6. The van der Waals surface area contributed by atoms with Crippen molar-refractivity contribution in [1.29, 1.82) is 0 Å². The summed E-state index contributed by atoms with van der Waals surface area (Å²) in [6.45, 7) is -0.974. The number of aromatic nitrogens is 2. The van der Waals surface area contributed by atoms with Crippen molar-refractivity contribution >= 4 is 69.5 Å². The fraction of sp³-hybridized carbons (Fsp3) is 0.265. The molecule has 3 aromatic rings. The first-order chi connectivity index (χ1) is 26.1. The van der Waals surface area contributed by atoms with Crippen LogP contribution in [0.25, 0.3) is 10.9 Å². The molecule has 2 heterocycles. The number of alkyl halides is 2. The minimum Gasteiger partial charge on any atom is -0.489 e. The Labute approximate surface area is 314 Å². The van der Waals surface area contributed by atoms with E-state index in [4.69, 9.17) is 36.8 Å². The van der Waals surface area contributed by atoms with Crippen molar-refractivity contribution in [3.05, 3.63) is 83.7 Å². The van der Waals surface area contributed by atoms with Gasteiger partial charge in [0, 0.05) is 48.4 Å². The van der Waals surface area contributed by atoms with Gasteiger partial charge in [-0.15, -0.1) is 0 Å². The lowest BCUT2D eigenvalue weighted by Gasteiger charge is -2.24. The number of carbonyl (C=O) groups excluding carboxylic acids is 1. The van der Waals surface area contributed by atoms with Crippen LogP contribution < -0.4 is 15.4 Å². The Kier molecular flexibility index (Phi) is 19.3. The van der Waals surface area contributed by atoms with Gasteiger partial charge in [0.2, 0.25) is 5.91 Å². The van der Waals surface area contributed by atoms with Gasteiger partial charge in [-0.2, -0.15) is 8.78 Å². The number of nitrogens with one attached hydrogen (secondary N) is 2. The lowest BCUT2D eigenvalue weighted by Crippen LogP contribution is -2.29. The molecule has 0 bridgehead atoms. The van der Waals surface area contributed by atoms with Crippen LogP contribution in [-0.2, 0) is 28.7 Å². The molecule has 1 fully saturated rings. The van der Waals surface area contributed by atoms with Crippen LogP contribution in [0.15, 0.2) is 67.0 Å². The Morgan fingerprint density at radius 1 is 0.836 bits per heavy atom. The van der Waals surface area contributed by atoms with E-state index in [2.05, 4.69) is 30.2 Å². The molecule has 0 radical (unpaired) electrons.